The van der Waals surface area contributed by atoms with E-state index in [0.29, 0.717) is 6.54 Å². The van der Waals surface area contributed by atoms with Crippen LogP contribution < -0.4 is 0 Å². The van der Waals surface area contributed by atoms with Gasteiger partial charge < -0.3 is 4.57 Å². The second kappa shape index (κ2) is 2.84. The molecule has 0 bridgehead atoms. The van der Waals surface area contributed by atoms with Gasteiger partial charge >= 0.3 is 0 Å². The molecule has 0 aliphatic heterocycles. The van der Waals surface area contributed by atoms with Gasteiger partial charge in [-0.05, 0) is 5.53 Å². The monoisotopic (exact) mass is 176 g/mol. The second-order valence-electron chi connectivity index (χ2n) is 2.74. The van der Waals surface area contributed by atoms with Crippen LogP contribution in [0.15, 0.2) is 23.7 Å². The predicted molar refractivity (Wildman–Crippen MR) is 47.0 cm³/mol. The quantitative estimate of drug-likeness (QED) is 0.388. The maximum atomic E-state index is 8.18. The smallest absolute Gasteiger partial charge is 0.138 e. The highest BCUT2D eigenvalue weighted by Crippen LogP contribution is 2.11. The van der Waals surface area contributed by atoms with Crippen molar-refractivity contribution in [3.05, 3.63) is 34.6 Å². The molecule has 0 aliphatic rings. The van der Waals surface area contributed by atoms with E-state index in [0.717, 1.165) is 11.2 Å². The standard InChI is InChI=1S/C7H8N6/c1-12-2-3-13-7(12)6(5-10-13)4-9-11-8/h2-3,5H,4H2,1H3. The van der Waals surface area contributed by atoms with E-state index in [1.165, 1.54) is 0 Å². The molecule has 0 radical (unpaired) electrons. The SMILES string of the molecule is Cn1ccn2ncc(CN=[N+]=[N-])c12. The molecule has 13 heavy (non-hydrogen) atoms. The van der Waals surface area contributed by atoms with Crippen molar-refractivity contribution in [2.45, 2.75) is 6.54 Å². The summed E-state index contributed by atoms with van der Waals surface area (Å²) in [6.07, 6.45) is 5.47. The highest BCUT2D eigenvalue weighted by Gasteiger charge is 2.05. The molecule has 0 saturated heterocycles. The maximum absolute atomic E-state index is 8.18. The van der Waals surface area contributed by atoms with Gasteiger partial charge in [0.25, 0.3) is 0 Å². The number of hydrogen-bond acceptors (Lipinski definition) is 2. The topological polar surface area (TPSA) is 71.0 Å². The van der Waals surface area contributed by atoms with E-state index in [1.807, 2.05) is 24.0 Å². The summed E-state index contributed by atoms with van der Waals surface area (Å²) in [6.45, 7) is 0.345. The molecule has 0 fully saturated rings. The van der Waals surface area contributed by atoms with Gasteiger partial charge in [0.05, 0.1) is 12.7 Å². The molecule has 0 aliphatic carbocycles. The van der Waals surface area contributed by atoms with Crippen LogP contribution in [0.25, 0.3) is 16.1 Å². The maximum Gasteiger partial charge on any atom is 0.138 e. The van der Waals surface area contributed by atoms with Crippen molar-refractivity contribution in [2.75, 3.05) is 0 Å². The summed E-state index contributed by atoms with van der Waals surface area (Å²) < 4.78 is 3.69. The first-order valence-electron chi connectivity index (χ1n) is 3.81. The van der Waals surface area contributed by atoms with Crippen LogP contribution in [-0.4, -0.2) is 14.2 Å². The van der Waals surface area contributed by atoms with Gasteiger partial charge in [-0.3, -0.25) is 0 Å². The minimum absolute atomic E-state index is 0.345. The number of aryl methyl sites for hydroxylation is 1. The third-order valence-corrected chi connectivity index (χ3v) is 1.91. The Hall–Kier alpha value is -1.94. The first-order valence-corrected chi connectivity index (χ1v) is 3.81. The highest BCUT2D eigenvalue weighted by molar-refractivity contribution is 5.47. The lowest BCUT2D eigenvalue weighted by atomic mass is 10.3. The van der Waals surface area contributed by atoms with Crippen molar-refractivity contribution in [2.24, 2.45) is 12.2 Å². The first-order chi connectivity index (χ1) is 6.33. The zero-order valence-corrected chi connectivity index (χ0v) is 7.12. The van der Waals surface area contributed by atoms with Crippen molar-refractivity contribution in [1.82, 2.24) is 14.2 Å². The van der Waals surface area contributed by atoms with E-state index >= 15 is 0 Å². The van der Waals surface area contributed by atoms with Gasteiger partial charge in [-0.15, -0.1) is 0 Å². The van der Waals surface area contributed by atoms with Crippen molar-refractivity contribution >= 4 is 5.65 Å². The molecule has 6 heteroatoms. The minimum atomic E-state index is 0.345. The lowest BCUT2D eigenvalue weighted by molar-refractivity contribution is 0.920. The molecule has 0 aromatic carbocycles. The molecule has 0 saturated carbocycles. The highest BCUT2D eigenvalue weighted by atomic mass is 15.3. The summed E-state index contributed by atoms with van der Waals surface area (Å²) in [7, 11) is 1.93. The molecule has 2 aromatic heterocycles. The van der Waals surface area contributed by atoms with Gasteiger partial charge in [0.1, 0.15) is 5.65 Å². The van der Waals surface area contributed by atoms with Crippen LogP contribution in [0.1, 0.15) is 5.56 Å². The van der Waals surface area contributed by atoms with Gasteiger partial charge in [0.2, 0.25) is 0 Å². The molecular formula is C7H8N6. The Morgan fingerprint density at radius 3 is 3.23 bits per heavy atom. The van der Waals surface area contributed by atoms with Crippen molar-refractivity contribution in [1.29, 1.82) is 0 Å². The molecular weight excluding hydrogens is 168 g/mol. The third kappa shape index (κ3) is 1.13. The molecule has 6 nitrogen and oxygen atoms in total. The number of fused-ring (bicyclic) bond motifs is 1. The number of hydrogen-bond donors (Lipinski definition) is 0. The second-order valence-corrected chi connectivity index (χ2v) is 2.74. The fourth-order valence-corrected chi connectivity index (χ4v) is 1.34. The van der Waals surface area contributed by atoms with E-state index in [-0.39, 0.29) is 0 Å². The largest absolute Gasteiger partial charge is 0.334 e. The van der Waals surface area contributed by atoms with Gasteiger partial charge in [-0.1, -0.05) is 5.11 Å². The Morgan fingerprint density at radius 2 is 2.46 bits per heavy atom. The average Bonchev–Trinajstić information content (AvgIpc) is 2.67. The summed E-state index contributed by atoms with van der Waals surface area (Å²) in [5.74, 6) is 0. The lowest BCUT2D eigenvalue weighted by Crippen LogP contribution is -1.89. The summed E-state index contributed by atoms with van der Waals surface area (Å²) in [5.41, 5.74) is 10.1. The minimum Gasteiger partial charge on any atom is -0.334 e. The number of aromatic nitrogens is 3. The third-order valence-electron chi connectivity index (χ3n) is 1.91. The van der Waals surface area contributed by atoms with Crippen molar-refractivity contribution < 1.29 is 0 Å². The summed E-state index contributed by atoms with van der Waals surface area (Å²) >= 11 is 0. The van der Waals surface area contributed by atoms with Gasteiger partial charge in [0.15, 0.2) is 0 Å². The Morgan fingerprint density at radius 1 is 1.62 bits per heavy atom. The molecule has 0 spiro atoms. The van der Waals surface area contributed by atoms with Gasteiger partial charge in [-0.2, -0.15) is 5.10 Å². The average molecular weight is 176 g/mol. The van der Waals surface area contributed by atoms with Crippen LogP contribution in [0, 0.1) is 0 Å². The zero-order chi connectivity index (χ0) is 9.26. The molecule has 2 aromatic rings. The van der Waals surface area contributed by atoms with Crippen LogP contribution in [-0.2, 0) is 13.6 Å². The molecule has 66 valence electrons. The van der Waals surface area contributed by atoms with Crippen LogP contribution in [0.2, 0.25) is 0 Å². The molecule has 0 unspecified atom stereocenters. The number of azide groups is 1. The Kier molecular flexibility index (Phi) is 1.68. The van der Waals surface area contributed by atoms with E-state index in [4.69, 9.17) is 5.53 Å². The number of rotatable bonds is 2. The van der Waals surface area contributed by atoms with Crippen molar-refractivity contribution in [3.63, 3.8) is 0 Å². The Labute approximate surface area is 74.0 Å². The fourth-order valence-electron chi connectivity index (χ4n) is 1.34. The summed E-state index contributed by atoms with van der Waals surface area (Å²) in [4.78, 5) is 2.71. The first kappa shape index (κ1) is 7.70. The molecule has 2 heterocycles. The Bertz CT molecular complexity index is 472. The van der Waals surface area contributed by atoms with E-state index in [1.54, 1.807) is 10.7 Å². The van der Waals surface area contributed by atoms with Crippen LogP contribution in [0.3, 0.4) is 0 Å². The lowest BCUT2D eigenvalue weighted by Gasteiger charge is -1.93. The van der Waals surface area contributed by atoms with Crippen LogP contribution in [0.4, 0.5) is 0 Å². The summed E-state index contributed by atoms with van der Waals surface area (Å²) in [6, 6.07) is 0. The summed E-state index contributed by atoms with van der Waals surface area (Å²) in [5, 5.41) is 7.60. The van der Waals surface area contributed by atoms with Crippen molar-refractivity contribution in [3.8, 4) is 0 Å². The number of nitrogens with zero attached hydrogens (tertiary/aromatic N) is 6. The van der Waals surface area contributed by atoms with Crippen LogP contribution in [0.5, 0.6) is 0 Å². The molecule has 0 amide bonds. The Balaban J connectivity index is 2.54. The molecule has 0 atom stereocenters. The fraction of sp³-hybridized carbons (Fsp3) is 0.286. The van der Waals surface area contributed by atoms with Gasteiger partial charge in [-0.25, -0.2) is 4.52 Å². The normalized spacial score (nSPS) is 10.2. The van der Waals surface area contributed by atoms with Gasteiger partial charge in [0, 0.05) is 29.9 Å². The molecule has 2 rings (SSSR count). The number of imidazole rings is 1. The van der Waals surface area contributed by atoms with E-state index in [2.05, 4.69) is 15.1 Å². The predicted octanol–water partition coefficient (Wildman–Crippen LogP) is 1.48. The van der Waals surface area contributed by atoms with E-state index in [9.17, 15) is 0 Å². The van der Waals surface area contributed by atoms with E-state index < -0.39 is 0 Å². The zero-order valence-electron chi connectivity index (χ0n) is 7.12. The molecule has 0 N–H and O–H groups in total. The van der Waals surface area contributed by atoms with Crippen LogP contribution >= 0.6 is 0 Å².